The number of aromatic nitrogens is 1. The van der Waals surface area contributed by atoms with E-state index in [1.54, 1.807) is 0 Å². The Balaban J connectivity index is 1.81. The van der Waals surface area contributed by atoms with Crippen molar-refractivity contribution < 1.29 is 0 Å². The topological polar surface area (TPSA) is 28.2 Å². The fourth-order valence-corrected chi connectivity index (χ4v) is 3.25. The lowest BCUT2D eigenvalue weighted by molar-refractivity contribution is 0.0944. The van der Waals surface area contributed by atoms with Crippen LogP contribution in [0.3, 0.4) is 0 Å². The lowest BCUT2D eigenvalue weighted by Gasteiger charge is -2.41. The summed E-state index contributed by atoms with van der Waals surface area (Å²) in [7, 11) is 0. The molecule has 1 aliphatic rings. The Morgan fingerprint density at radius 3 is 2.86 bits per heavy atom. The summed E-state index contributed by atoms with van der Waals surface area (Å²) in [6.45, 7) is 9.99. The summed E-state index contributed by atoms with van der Waals surface area (Å²) in [6, 6.07) is 13.9. The fourth-order valence-electron chi connectivity index (χ4n) is 3.25. The Morgan fingerprint density at radius 2 is 2.05 bits per heavy atom. The van der Waals surface area contributed by atoms with E-state index in [9.17, 15) is 0 Å². The minimum Gasteiger partial charge on any atom is -0.311 e. The van der Waals surface area contributed by atoms with Crippen LogP contribution in [-0.4, -0.2) is 35.1 Å². The highest BCUT2D eigenvalue weighted by molar-refractivity contribution is 5.78. The molecule has 1 saturated heterocycles. The molecule has 0 bridgehead atoms. The number of piperazine rings is 1. The van der Waals surface area contributed by atoms with E-state index in [1.807, 2.05) is 0 Å². The maximum absolute atomic E-state index is 4.83. The first kappa shape index (κ1) is 14.5. The number of para-hydroxylation sites is 1. The quantitative estimate of drug-likeness (QED) is 0.938. The first-order valence-electron chi connectivity index (χ1n) is 7.95. The van der Waals surface area contributed by atoms with Crippen molar-refractivity contribution >= 4 is 10.9 Å². The van der Waals surface area contributed by atoms with E-state index in [-0.39, 0.29) is 0 Å². The average Bonchev–Trinajstić information content (AvgIpc) is 2.47. The Labute approximate surface area is 127 Å². The molecule has 3 nitrogen and oxygen atoms in total. The number of hydrogen-bond acceptors (Lipinski definition) is 3. The standard InChI is InChI=1S/C18H25N3/c1-13(2)18-10-19-14(3)11-21(18)12-16-9-8-15-6-4-5-7-17(15)20-16/h4-9,13-14,18-19H,10-12H2,1-3H3. The molecule has 0 amide bonds. The highest BCUT2D eigenvalue weighted by atomic mass is 15.2. The number of nitrogens with one attached hydrogen (secondary N) is 1. The zero-order valence-electron chi connectivity index (χ0n) is 13.2. The molecule has 2 unspecified atom stereocenters. The monoisotopic (exact) mass is 283 g/mol. The summed E-state index contributed by atoms with van der Waals surface area (Å²) in [4.78, 5) is 7.41. The van der Waals surface area contributed by atoms with Crippen LogP contribution in [0, 0.1) is 5.92 Å². The fraction of sp³-hybridized carbons (Fsp3) is 0.500. The molecule has 112 valence electrons. The third-order valence-corrected chi connectivity index (χ3v) is 4.44. The molecule has 0 spiro atoms. The molecular weight excluding hydrogens is 258 g/mol. The van der Waals surface area contributed by atoms with Crippen LogP contribution in [0.2, 0.25) is 0 Å². The van der Waals surface area contributed by atoms with Gasteiger partial charge in [-0.1, -0.05) is 38.1 Å². The van der Waals surface area contributed by atoms with Gasteiger partial charge >= 0.3 is 0 Å². The molecule has 0 aliphatic carbocycles. The van der Waals surface area contributed by atoms with E-state index in [0.29, 0.717) is 18.0 Å². The lowest BCUT2D eigenvalue weighted by atomic mass is 9.98. The van der Waals surface area contributed by atoms with Gasteiger partial charge in [-0.25, -0.2) is 0 Å². The molecule has 1 aromatic carbocycles. The Hall–Kier alpha value is -1.45. The van der Waals surface area contributed by atoms with Crippen LogP contribution in [-0.2, 0) is 6.54 Å². The molecule has 1 fully saturated rings. The summed E-state index contributed by atoms with van der Waals surface area (Å²) < 4.78 is 0. The van der Waals surface area contributed by atoms with Crippen LogP contribution in [0.4, 0.5) is 0 Å². The average molecular weight is 283 g/mol. The third kappa shape index (κ3) is 3.25. The van der Waals surface area contributed by atoms with Gasteiger partial charge < -0.3 is 5.32 Å². The molecule has 0 radical (unpaired) electrons. The first-order chi connectivity index (χ1) is 10.1. The lowest BCUT2D eigenvalue weighted by Crippen LogP contribution is -2.56. The van der Waals surface area contributed by atoms with Gasteiger partial charge in [-0.3, -0.25) is 9.88 Å². The molecule has 3 heteroatoms. The maximum atomic E-state index is 4.83. The number of fused-ring (bicyclic) bond motifs is 1. The molecule has 0 saturated carbocycles. The Kier molecular flexibility index (Phi) is 4.22. The number of pyridine rings is 1. The molecule has 2 heterocycles. The summed E-state index contributed by atoms with van der Waals surface area (Å²) in [6.07, 6.45) is 0. The van der Waals surface area contributed by atoms with Gasteiger partial charge in [0.05, 0.1) is 11.2 Å². The molecule has 2 aromatic rings. The SMILES string of the molecule is CC1CN(Cc2ccc3ccccc3n2)C(C(C)C)CN1. The molecule has 3 rings (SSSR count). The minimum absolute atomic E-state index is 0.556. The van der Waals surface area contributed by atoms with E-state index in [2.05, 4.69) is 67.4 Å². The van der Waals surface area contributed by atoms with Crippen molar-refractivity contribution in [1.29, 1.82) is 0 Å². The van der Waals surface area contributed by atoms with Gasteiger partial charge in [0, 0.05) is 37.1 Å². The van der Waals surface area contributed by atoms with Gasteiger partial charge in [-0.2, -0.15) is 0 Å². The highest BCUT2D eigenvalue weighted by Crippen LogP contribution is 2.19. The van der Waals surface area contributed by atoms with Crippen molar-refractivity contribution in [1.82, 2.24) is 15.2 Å². The van der Waals surface area contributed by atoms with Gasteiger partial charge in [0.2, 0.25) is 0 Å². The van der Waals surface area contributed by atoms with Crippen LogP contribution in [0.25, 0.3) is 10.9 Å². The van der Waals surface area contributed by atoms with Crippen LogP contribution in [0.15, 0.2) is 36.4 Å². The predicted molar refractivity (Wildman–Crippen MR) is 88.2 cm³/mol. The van der Waals surface area contributed by atoms with Crippen molar-refractivity contribution in [3.05, 3.63) is 42.1 Å². The first-order valence-corrected chi connectivity index (χ1v) is 7.95. The third-order valence-electron chi connectivity index (χ3n) is 4.44. The number of nitrogens with zero attached hydrogens (tertiary/aromatic N) is 2. The van der Waals surface area contributed by atoms with E-state index in [4.69, 9.17) is 4.98 Å². The second kappa shape index (κ2) is 6.12. The normalized spacial score (nSPS) is 23.8. The number of benzene rings is 1. The largest absolute Gasteiger partial charge is 0.311 e. The summed E-state index contributed by atoms with van der Waals surface area (Å²) in [5.41, 5.74) is 2.27. The van der Waals surface area contributed by atoms with Crippen molar-refractivity contribution in [2.24, 2.45) is 5.92 Å². The van der Waals surface area contributed by atoms with Crippen LogP contribution >= 0.6 is 0 Å². The summed E-state index contributed by atoms with van der Waals surface area (Å²) in [5.74, 6) is 0.658. The smallest absolute Gasteiger partial charge is 0.0705 e. The van der Waals surface area contributed by atoms with Crippen molar-refractivity contribution in [3.63, 3.8) is 0 Å². The van der Waals surface area contributed by atoms with Gasteiger partial charge in [-0.05, 0) is 25.0 Å². The van der Waals surface area contributed by atoms with Crippen LogP contribution < -0.4 is 5.32 Å². The predicted octanol–water partition coefficient (Wildman–Crippen LogP) is 3.05. The maximum Gasteiger partial charge on any atom is 0.0705 e. The molecule has 1 aromatic heterocycles. The number of hydrogen-bond donors (Lipinski definition) is 1. The van der Waals surface area contributed by atoms with E-state index in [1.165, 1.54) is 11.1 Å². The second-order valence-electron chi connectivity index (χ2n) is 6.55. The van der Waals surface area contributed by atoms with E-state index < -0.39 is 0 Å². The molecule has 21 heavy (non-hydrogen) atoms. The Morgan fingerprint density at radius 1 is 1.24 bits per heavy atom. The second-order valence-corrected chi connectivity index (χ2v) is 6.55. The van der Waals surface area contributed by atoms with Crippen molar-refractivity contribution in [2.45, 2.75) is 39.4 Å². The molecular formula is C18H25N3. The van der Waals surface area contributed by atoms with Crippen molar-refractivity contribution in [3.8, 4) is 0 Å². The van der Waals surface area contributed by atoms with Gasteiger partial charge in [0.1, 0.15) is 0 Å². The summed E-state index contributed by atoms with van der Waals surface area (Å²) >= 11 is 0. The molecule has 1 aliphatic heterocycles. The van der Waals surface area contributed by atoms with Crippen molar-refractivity contribution in [2.75, 3.05) is 13.1 Å². The summed E-state index contributed by atoms with van der Waals surface area (Å²) in [5, 5.41) is 4.81. The Bertz CT molecular complexity index is 608. The zero-order chi connectivity index (χ0) is 14.8. The van der Waals surface area contributed by atoms with Gasteiger partial charge in [-0.15, -0.1) is 0 Å². The van der Waals surface area contributed by atoms with Gasteiger partial charge in [0.15, 0.2) is 0 Å². The highest BCUT2D eigenvalue weighted by Gasteiger charge is 2.28. The minimum atomic E-state index is 0.556. The van der Waals surface area contributed by atoms with Gasteiger partial charge in [0.25, 0.3) is 0 Å². The van der Waals surface area contributed by atoms with E-state index in [0.717, 1.165) is 25.2 Å². The molecule has 1 N–H and O–H groups in total. The van der Waals surface area contributed by atoms with Crippen LogP contribution in [0.1, 0.15) is 26.5 Å². The van der Waals surface area contributed by atoms with Crippen LogP contribution in [0.5, 0.6) is 0 Å². The number of rotatable bonds is 3. The zero-order valence-corrected chi connectivity index (χ0v) is 13.2. The molecule has 2 atom stereocenters. The van der Waals surface area contributed by atoms with E-state index >= 15 is 0 Å².